The van der Waals surface area contributed by atoms with E-state index in [4.69, 9.17) is 23.1 Å². The number of amides is 2. The SMILES string of the molecule is NC1=NC(=O)C(=Cc2ccc(C=C3SC(=S)N(CCCC(=O)O)C3=O)cc2)S1. The molecule has 0 spiro atoms. The predicted octanol–water partition coefficient (Wildman–Crippen LogP) is 2.68. The Bertz CT molecular complexity index is 951. The molecule has 0 bridgehead atoms. The Balaban J connectivity index is 1.68. The number of carbonyl (C=O) groups is 3. The molecule has 1 saturated heterocycles. The number of rotatable bonds is 6. The van der Waals surface area contributed by atoms with E-state index in [1.165, 1.54) is 16.7 Å². The Hall–Kier alpha value is -2.43. The third kappa shape index (κ3) is 4.89. The molecule has 144 valence electrons. The van der Waals surface area contributed by atoms with Crippen LogP contribution in [0.15, 0.2) is 39.1 Å². The van der Waals surface area contributed by atoms with Gasteiger partial charge in [0.25, 0.3) is 11.8 Å². The molecule has 1 aromatic rings. The summed E-state index contributed by atoms with van der Waals surface area (Å²) < 4.78 is 0.428. The molecule has 0 radical (unpaired) electrons. The number of carbonyl (C=O) groups excluding carboxylic acids is 2. The average molecular weight is 434 g/mol. The van der Waals surface area contributed by atoms with Crippen LogP contribution in [0.3, 0.4) is 0 Å². The van der Waals surface area contributed by atoms with E-state index in [2.05, 4.69) is 4.99 Å². The second-order valence-corrected chi connectivity index (χ2v) is 8.60. The molecular formula is C18H15N3O4S3. The van der Waals surface area contributed by atoms with Gasteiger partial charge in [0, 0.05) is 13.0 Å². The van der Waals surface area contributed by atoms with E-state index < -0.39 is 5.97 Å². The molecule has 7 nitrogen and oxygen atoms in total. The van der Waals surface area contributed by atoms with Crippen LogP contribution in [0.4, 0.5) is 0 Å². The summed E-state index contributed by atoms with van der Waals surface area (Å²) in [7, 11) is 0. The number of nitrogens with zero attached hydrogens (tertiary/aromatic N) is 2. The first-order valence-corrected chi connectivity index (χ1v) is 10.2. The number of amidine groups is 1. The first-order chi connectivity index (χ1) is 13.3. The number of aliphatic carboxylic acids is 1. The summed E-state index contributed by atoms with van der Waals surface area (Å²) >= 11 is 7.56. The Labute approximate surface area is 174 Å². The van der Waals surface area contributed by atoms with Crippen LogP contribution in [0, 0.1) is 0 Å². The molecular weight excluding hydrogens is 418 g/mol. The van der Waals surface area contributed by atoms with Gasteiger partial charge in [-0.3, -0.25) is 19.3 Å². The topological polar surface area (TPSA) is 113 Å². The van der Waals surface area contributed by atoms with Gasteiger partial charge in [-0.25, -0.2) is 0 Å². The van der Waals surface area contributed by atoms with E-state index in [1.54, 1.807) is 12.2 Å². The minimum Gasteiger partial charge on any atom is -0.481 e. The summed E-state index contributed by atoms with van der Waals surface area (Å²) in [4.78, 5) is 40.8. The zero-order valence-corrected chi connectivity index (χ0v) is 16.9. The van der Waals surface area contributed by atoms with Crippen LogP contribution < -0.4 is 5.73 Å². The van der Waals surface area contributed by atoms with Crippen molar-refractivity contribution in [1.82, 2.24) is 4.90 Å². The van der Waals surface area contributed by atoms with Crippen LogP contribution in [0.25, 0.3) is 12.2 Å². The number of aliphatic imine (C=N–C) groups is 1. The number of carboxylic acid groups (broad SMARTS) is 1. The van der Waals surface area contributed by atoms with Crippen LogP contribution in [0.5, 0.6) is 0 Å². The Morgan fingerprint density at radius 1 is 1.14 bits per heavy atom. The number of thioether (sulfide) groups is 2. The molecule has 2 aliphatic rings. The number of carboxylic acids is 1. The van der Waals surface area contributed by atoms with Crippen molar-refractivity contribution >= 4 is 75.2 Å². The minimum atomic E-state index is -0.900. The van der Waals surface area contributed by atoms with Crippen molar-refractivity contribution in [3.8, 4) is 0 Å². The Morgan fingerprint density at radius 3 is 2.29 bits per heavy atom. The van der Waals surface area contributed by atoms with Crippen LogP contribution in [-0.2, 0) is 14.4 Å². The van der Waals surface area contributed by atoms with Gasteiger partial charge >= 0.3 is 5.97 Å². The van der Waals surface area contributed by atoms with Crippen LogP contribution in [0.1, 0.15) is 24.0 Å². The first kappa shape index (κ1) is 20.3. The molecule has 0 aromatic heterocycles. The summed E-state index contributed by atoms with van der Waals surface area (Å²) in [5, 5.41) is 8.95. The van der Waals surface area contributed by atoms with Gasteiger partial charge in [-0.1, -0.05) is 48.2 Å². The number of hydrogen-bond donors (Lipinski definition) is 2. The molecule has 28 heavy (non-hydrogen) atoms. The molecule has 3 N–H and O–H groups in total. The van der Waals surface area contributed by atoms with E-state index in [0.29, 0.717) is 20.6 Å². The summed E-state index contributed by atoms with van der Waals surface area (Å²) in [5.41, 5.74) is 7.16. The van der Waals surface area contributed by atoms with E-state index >= 15 is 0 Å². The Morgan fingerprint density at radius 2 is 1.75 bits per heavy atom. The molecule has 2 heterocycles. The van der Waals surface area contributed by atoms with Gasteiger partial charge in [0.15, 0.2) is 5.17 Å². The highest BCUT2D eigenvalue weighted by Gasteiger charge is 2.31. The van der Waals surface area contributed by atoms with E-state index in [-0.39, 0.29) is 29.9 Å². The summed E-state index contributed by atoms with van der Waals surface area (Å²) in [6.45, 7) is 0.289. The van der Waals surface area contributed by atoms with Gasteiger partial charge in [0.1, 0.15) is 4.32 Å². The van der Waals surface area contributed by atoms with Crippen LogP contribution >= 0.6 is 35.7 Å². The lowest BCUT2D eigenvalue weighted by atomic mass is 10.1. The summed E-state index contributed by atoms with van der Waals surface area (Å²) in [5.74, 6) is -1.46. The highest BCUT2D eigenvalue weighted by Crippen LogP contribution is 2.33. The zero-order valence-electron chi connectivity index (χ0n) is 14.5. The van der Waals surface area contributed by atoms with Gasteiger partial charge in [0.2, 0.25) is 0 Å². The highest BCUT2D eigenvalue weighted by atomic mass is 32.2. The minimum absolute atomic E-state index is 0.00937. The third-order valence-corrected chi connectivity index (χ3v) is 6.01. The zero-order chi connectivity index (χ0) is 20.3. The molecule has 0 saturated carbocycles. The normalized spacial score (nSPS) is 19.8. The van der Waals surface area contributed by atoms with Gasteiger partial charge in [0.05, 0.1) is 9.81 Å². The second-order valence-electron chi connectivity index (χ2n) is 5.86. The molecule has 2 aliphatic heterocycles. The van der Waals surface area contributed by atoms with E-state index in [1.807, 2.05) is 24.3 Å². The van der Waals surface area contributed by atoms with Crippen molar-refractivity contribution in [2.75, 3.05) is 6.54 Å². The van der Waals surface area contributed by atoms with Crippen molar-refractivity contribution in [3.63, 3.8) is 0 Å². The number of thiocarbonyl (C=S) groups is 1. The van der Waals surface area contributed by atoms with Crippen molar-refractivity contribution in [2.45, 2.75) is 12.8 Å². The van der Waals surface area contributed by atoms with Crippen molar-refractivity contribution < 1.29 is 19.5 Å². The van der Waals surface area contributed by atoms with Crippen molar-refractivity contribution in [2.24, 2.45) is 10.7 Å². The molecule has 0 atom stereocenters. The number of hydrogen-bond acceptors (Lipinski definition) is 7. The summed E-state index contributed by atoms with van der Waals surface area (Å²) in [6, 6.07) is 7.32. The van der Waals surface area contributed by atoms with Gasteiger partial charge in [-0.05, 0) is 41.5 Å². The van der Waals surface area contributed by atoms with E-state index in [9.17, 15) is 14.4 Å². The van der Waals surface area contributed by atoms with Crippen molar-refractivity contribution in [3.05, 3.63) is 45.2 Å². The molecule has 0 unspecified atom stereocenters. The average Bonchev–Trinajstić information content (AvgIpc) is 3.08. The second kappa shape index (κ2) is 8.72. The molecule has 10 heteroatoms. The Kier molecular flexibility index (Phi) is 6.32. The van der Waals surface area contributed by atoms with E-state index in [0.717, 1.165) is 22.9 Å². The lowest BCUT2D eigenvalue weighted by Crippen LogP contribution is -2.29. The fourth-order valence-electron chi connectivity index (χ4n) is 2.50. The third-order valence-electron chi connectivity index (χ3n) is 3.81. The monoisotopic (exact) mass is 433 g/mol. The fraction of sp³-hybridized carbons (Fsp3) is 0.167. The molecule has 2 amide bonds. The molecule has 0 aliphatic carbocycles. The van der Waals surface area contributed by atoms with Gasteiger partial charge in [-0.15, -0.1) is 0 Å². The lowest BCUT2D eigenvalue weighted by Gasteiger charge is -2.13. The smallest absolute Gasteiger partial charge is 0.303 e. The number of nitrogens with two attached hydrogens (primary N) is 1. The number of benzene rings is 1. The quantitative estimate of drug-likeness (QED) is 0.520. The van der Waals surface area contributed by atoms with Crippen LogP contribution in [-0.4, -0.2) is 43.8 Å². The molecule has 1 fully saturated rings. The largest absolute Gasteiger partial charge is 0.481 e. The molecule has 1 aromatic carbocycles. The summed E-state index contributed by atoms with van der Waals surface area (Å²) in [6.07, 6.45) is 3.79. The maximum atomic E-state index is 12.5. The predicted molar refractivity (Wildman–Crippen MR) is 115 cm³/mol. The lowest BCUT2D eigenvalue weighted by molar-refractivity contribution is -0.137. The van der Waals surface area contributed by atoms with Gasteiger partial charge in [-0.2, -0.15) is 4.99 Å². The maximum Gasteiger partial charge on any atom is 0.303 e. The first-order valence-electron chi connectivity index (χ1n) is 8.19. The standard InChI is InChI=1S/C18H15N3O4S3/c19-17-20-15(24)12(27-17)8-10-3-5-11(6-4-10)9-13-16(25)21(18(26)28-13)7-1-2-14(22)23/h3-6,8-9H,1-2,7H2,(H,22,23)(H2,19,20,24). The fourth-order valence-corrected chi connectivity index (χ4v) is 4.49. The maximum absolute atomic E-state index is 12.5. The highest BCUT2D eigenvalue weighted by molar-refractivity contribution is 8.26. The van der Waals surface area contributed by atoms with Crippen LogP contribution in [0.2, 0.25) is 0 Å². The molecule has 3 rings (SSSR count). The van der Waals surface area contributed by atoms with Crippen molar-refractivity contribution in [1.29, 1.82) is 0 Å². The van der Waals surface area contributed by atoms with Gasteiger partial charge < -0.3 is 10.8 Å².